The molecule has 0 radical (unpaired) electrons. The molecule has 0 bridgehead atoms. The Morgan fingerprint density at radius 3 is 2.10 bits per heavy atom. The van der Waals surface area contributed by atoms with E-state index in [0.717, 1.165) is 30.5 Å². The number of aromatic nitrogens is 1. The fourth-order valence-corrected chi connectivity index (χ4v) is 7.49. The first-order valence-corrected chi connectivity index (χ1v) is 18.4. The summed E-state index contributed by atoms with van der Waals surface area (Å²) in [7, 11) is 0. The minimum atomic E-state index is 0.947. The van der Waals surface area contributed by atoms with Gasteiger partial charge in [-0.1, -0.05) is 136 Å². The van der Waals surface area contributed by atoms with Crippen LogP contribution >= 0.6 is 0 Å². The van der Waals surface area contributed by atoms with Crippen molar-refractivity contribution in [3.63, 3.8) is 0 Å². The van der Waals surface area contributed by atoms with Crippen LogP contribution in [0, 0.1) is 0 Å². The SMILES string of the molecule is C/C=C\C=C(/CC)c1cc(-c2cccc(-c3ccccc3-c3ccc4c5c(c6ccccc6c4c3)CCC=C5)c2)cc(-c2ccccn2)c1.CC. The third-order valence-corrected chi connectivity index (χ3v) is 9.90. The molecular formula is C50H45N. The second-order valence-corrected chi connectivity index (χ2v) is 12.9. The van der Waals surface area contributed by atoms with Gasteiger partial charge in [0.15, 0.2) is 0 Å². The molecular weight excluding hydrogens is 615 g/mol. The van der Waals surface area contributed by atoms with Gasteiger partial charge in [-0.15, -0.1) is 0 Å². The van der Waals surface area contributed by atoms with Gasteiger partial charge in [0.1, 0.15) is 0 Å². The van der Waals surface area contributed by atoms with Gasteiger partial charge in [-0.2, -0.15) is 0 Å². The Morgan fingerprint density at radius 1 is 0.627 bits per heavy atom. The number of fused-ring (bicyclic) bond motifs is 6. The second kappa shape index (κ2) is 15.4. The van der Waals surface area contributed by atoms with Crippen LogP contribution in [-0.2, 0) is 6.42 Å². The third kappa shape index (κ3) is 6.73. The Morgan fingerprint density at radius 2 is 1.33 bits per heavy atom. The van der Waals surface area contributed by atoms with Crippen molar-refractivity contribution in [1.29, 1.82) is 0 Å². The fraction of sp³-hybridized carbons (Fsp3) is 0.140. The summed E-state index contributed by atoms with van der Waals surface area (Å²) in [5, 5.41) is 5.38. The van der Waals surface area contributed by atoms with Crippen molar-refractivity contribution in [1.82, 2.24) is 4.98 Å². The molecule has 0 fully saturated rings. The van der Waals surface area contributed by atoms with Crippen LogP contribution in [0.3, 0.4) is 0 Å². The van der Waals surface area contributed by atoms with Gasteiger partial charge in [0.05, 0.1) is 5.69 Å². The zero-order valence-corrected chi connectivity index (χ0v) is 30.2. The Hall–Kier alpha value is -5.79. The summed E-state index contributed by atoms with van der Waals surface area (Å²) in [5.74, 6) is 0. The average Bonchev–Trinajstić information content (AvgIpc) is 3.22. The molecule has 0 N–H and O–H groups in total. The van der Waals surface area contributed by atoms with Crippen LogP contribution in [0.5, 0.6) is 0 Å². The van der Waals surface area contributed by atoms with Gasteiger partial charge in [-0.25, -0.2) is 0 Å². The van der Waals surface area contributed by atoms with Crippen LogP contribution < -0.4 is 0 Å². The maximum Gasteiger partial charge on any atom is 0.0702 e. The molecule has 1 nitrogen and oxygen atoms in total. The predicted octanol–water partition coefficient (Wildman–Crippen LogP) is 14.4. The second-order valence-electron chi connectivity index (χ2n) is 12.9. The molecule has 0 atom stereocenters. The molecule has 1 aromatic heterocycles. The molecule has 1 aliphatic carbocycles. The van der Waals surface area contributed by atoms with E-state index in [1.807, 2.05) is 26.1 Å². The molecule has 1 aliphatic rings. The number of allylic oxidation sites excluding steroid dienone is 5. The highest BCUT2D eigenvalue weighted by molar-refractivity contribution is 6.14. The summed E-state index contributed by atoms with van der Waals surface area (Å²) in [6.45, 7) is 8.29. The molecule has 1 heterocycles. The summed E-state index contributed by atoms with van der Waals surface area (Å²) in [4.78, 5) is 4.71. The van der Waals surface area contributed by atoms with E-state index in [-0.39, 0.29) is 0 Å². The lowest BCUT2D eigenvalue weighted by atomic mass is 9.85. The highest BCUT2D eigenvalue weighted by Gasteiger charge is 2.17. The molecule has 0 saturated heterocycles. The van der Waals surface area contributed by atoms with Crippen molar-refractivity contribution in [2.75, 3.05) is 0 Å². The van der Waals surface area contributed by atoms with Crippen molar-refractivity contribution in [3.05, 3.63) is 175 Å². The molecule has 0 aliphatic heterocycles. The van der Waals surface area contributed by atoms with E-state index in [1.54, 1.807) is 0 Å². The fourth-order valence-electron chi connectivity index (χ4n) is 7.49. The molecule has 0 saturated carbocycles. The van der Waals surface area contributed by atoms with E-state index >= 15 is 0 Å². The Kier molecular flexibility index (Phi) is 10.2. The topological polar surface area (TPSA) is 12.9 Å². The first-order valence-electron chi connectivity index (χ1n) is 18.4. The zero-order valence-electron chi connectivity index (χ0n) is 30.2. The molecule has 0 unspecified atom stereocenters. The van der Waals surface area contributed by atoms with Gasteiger partial charge in [-0.3, -0.25) is 4.98 Å². The lowest BCUT2D eigenvalue weighted by Crippen LogP contribution is -1.98. The molecule has 1 heteroatoms. The number of hydrogen-bond donors (Lipinski definition) is 0. The molecule has 7 aromatic rings. The van der Waals surface area contributed by atoms with E-state index in [1.165, 1.54) is 77.2 Å². The average molecular weight is 660 g/mol. The predicted molar refractivity (Wildman–Crippen MR) is 223 cm³/mol. The van der Waals surface area contributed by atoms with E-state index in [0.29, 0.717) is 0 Å². The Bertz CT molecular complexity index is 2420. The summed E-state index contributed by atoms with van der Waals surface area (Å²) in [6.07, 6.45) is 16.1. The maximum absolute atomic E-state index is 4.71. The maximum atomic E-state index is 4.71. The van der Waals surface area contributed by atoms with E-state index < -0.39 is 0 Å². The number of aryl methyl sites for hydroxylation is 1. The van der Waals surface area contributed by atoms with Crippen molar-refractivity contribution in [2.45, 2.75) is 47.0 Å². The lowest BCUT2D eigenvalue weighted by molar-refractivity contribution is 1.00. The molecule has 250 valence electrons. The minimum absolute atomic E-state index is 0.947. The number of benzene rings is 6. The van der Waals surface area contributed by atoms with Gasteiger partial charge in [0.2, 0.25) is 0 Å². The number of pyridine rings is 1. The van der Waals surface area contributed by atoms with E-state index in [9.17, 15) is 0 Å². The molecule has 6 aromatic carbocycles. The number of nitrogens with zero attached hydrogens (tertiary/aromatic N) is 1. The zero-order chi connectivity index (χ0) is 35.2. The summed E-state index contributed by atoms with van der Waals surface area (Å²) in [5.41, 5.74) is 14.8. The van der Waals surface area contributed by atoms with Gasteiger partial charge < -0.3 is 0 Å². The van der Waals surface area contributed by atoms with Crippen LogP contribution in [0.15, 0.2) is 158 Å². The van der Waals surface area contributed by atoms with Gasteiger partial charge >= 0.3 is 0 Å². The van der Waals surface area contributed by atoms with Crippen molar-refractivity contribution in [2.24, 2.45) is 0 Å². The Balaban J connectivity index is 0.00000200. The van der Waals surface area contributed by atoms with Crippen LogP contribution in [-0.4, -0.2) is 4.98 Å². The lowest BCUT2D eigenvalue weighted by Gasteiger charge is -2.19. The quantitative estimate of drug-likeness (QED) is 0.123. The van der Waals surface area contributed by atoms with Crippen LogP contribution in [0.1, 0.15) is 57.2 Å². The standard InChI is InChI=1S/C48H39N.C2H6/c1-3-5-15-33(4-2)37-29-38(31-39(30-37)48-24-12-13-27-49-48)34-16-14-17-35(28-34)40-18-6-7-19-41(40)36-25-26-46-44-22-9-8-20-42(44)43-21-10-11-23-45(43)47(46)32-36;1-2/h3,5-7,9-19,21-32H,4,8,20H2,1-2H3;1-2H3/b5-3-,33-15+;. The summed E-state index contributed by atoms with van der Waals surface area (Å²) >= 11 is 0. The van der Waals surface area contributed by atoms with Gasteiger partial charge in [0.25, 0.3) is 0 Å². The number of hydrogen-bond acceptors (Lipinski definition) is 1. The van der Waals surface area contributed by atoms with Crippen molar-refractivity contribution in [3.8, 4) is 44.6 Å². The van der Waals surface area contributed by atoms with Crippen LogP contribution in [0.2, 0.25) is 0 Å². The monoisotopic (exact) mass is 659 g/mol. The first-order chi connectivity index (χ1) is 25.2. The molecule has 0 amide bonds. The van der Waals surface area contributed by atoms with E-state index in [4.69, 9.17) is 4.98 Å². The molecule has 8 rings (SSSR count). The van der Waals surface area contributed by atoms with Gasteiger partial charge in [-0.05, 0) is 146 Å². The van der Waals surface area contributed by atoms with Gasteiger partial charge in [0, 0.05) is 11.8 Å². The van der Waals surface area contributed by atoms with Crippen LogP contribution in [0.4, 0.5) is 0 Å². The highest BCUT2D eigenvalue weighted by Crippen LogP contribution is 2.41. The largest absolute Gasteiger partial charge is 0.256 e. The molecule has 51 heavy (non-hydrogen) atoms. The minimum Gasteiger partial charge on any atom is -0.256 e. The normalized spacial score (nSPS) is 12.6. The van der Waals surface area contributed by atoms with E-state index in [2.05, 4.69) is 166 Å². The van der Waals surface area contributed by atoms with Crippen molar-refractivity contribution >= 4 is 33.2 Å². The highest BCUT2D eigenvalue weighted by atomic mass is 14.7. The third-order valence-electron chi connectivity index (χ3n) is 9.90. The molecule has 0 spiro atoms. The first kappa shape index (κ1) is 33.7. The number of rotatable bonds is 7. The smallest absolute Gasteiger partial charge is 0.0702 e. The Labute approximate surface area is 303 Å². The summed E-state index contributed by atoms with van der Waals surface area (Å²) in [6, 6.07) is 46.9. The van der Waals surface area contributed by atoms with Crippen molar-refractivity contribution < 1.29 is 0 Å². The van der Waals surface area contributed by atoms with Crippen LogP contribution in [0.25, 0.3) is 77.8 Å². The summed E-state index contributed by atoms with van der Waals surface area (Å²) < 4.78 is 0.